The number of carboxylic acid groups (broad SMARTS) is 1. The van der Waals surface area contributed by atoms with Gasteiger partial charge in [-0.2, -0.15) is 0 Å². The minimum absolute atomic E-state index is 0.0244. The Kier molecular flexibility index (Phi) is 5.47. The number of amides is 2. The number of halogens is 2. The van der Waals surface area contributed by atoms with Crippen molar-refractivity contribution in [3.05, 3.63) is 27.7 Å². The molecule has 1 aromatic carbocycles. The maximum atomic E-state index is 11.9. The van der Waals surface area contributed by atoms with Crippen LogP contribution in [0.4, 0.5) is 10.5 Å². The zero-order valence-corrected chi connectivity index (χ0v) is 13.6. The lowest BCUT2D eigenvalue weighted by atomic mass is 9.86. The minimum Gasteiger partial charge on any atom is -0.481 e. The lowest BCUT2D eigenvalue weighted by Gasteiger charge is -2.26. The molecule has 7 heteroatoms. The van der Waals surface area contributed by atoms with E-state index in [0.717, 1.165) is 0 Å². The molecule has 0 aromatic heterocycles. The first-order valence-corrected chi connectivity index (χ1v) is 7.88. The van der Waals surface area contributed by atoms with Crippen molar-refractivity contribution in [3.63, 3.8) is 0 Å². The van der Waals surface area contributed by atoms with E-state index < -0.39 is 5.97 Å². The van der Waals surface area contributed by atoms with Gasteiger partial charge in [0.1, 0.15) is 0 Å². The fourth-order valence-corrected chi connectivity index (χ4v) is 2.91. The van der Waals surface area contributed by atoms with Crippen LogP contribution in [0.2, 0.25) is 5.02 Å². The molecule has 0 radical (unpaired) electrons. The molecule has 3 N–H and O–H groups in total. The second kappa shape index (κ2) is 7.13. The molecule has 0 spiro atoms. The third-order valence-corrected chi connectivity index (χ3v) is 4.80. The van der Waals surface area contributed by atoms with Crippen molar-refractivity contribution < 1.29 is 14.7 Å². The average molecular weight is 376 g/mol. The number of rotatable bonds is 3. The molecular formula is C14H16BrClN2O3. The van der Waals surface area contributed by atoms with Crippen LogP contribution in [0.3, 0.4) is 0 Å². The van der Waals surface area contributed by atoms with Crippen LogP contribution < -0.4 is 10.6 Å². The van der Waals surface area contributed by atoms with E-state index in [0.29, 0.717) is 40.9 Å². The van der Waals surface area contributed by atoms with E-state index in [2.05, 4.69) is 26.6 Å². The molecule has 1 saturated carbocycles. The highest BCUT2D eigenvalue weighted by Gasteiger charge is 2.26. The summed E-state index contributed by atoms with van der Waals surface area (Å²) in [6, 6.07) is 4.87. The van der Waals surface area contributed by atoms with E-state index >= 15 is 0 Å². The molecule has 0 bridgehead atoms. The molecule has 5 nitrogen and oxygen atoms in total. The van der Waals surface area contributed by atoms with Crippen LogP contribution in [-0.2, 0) is 4.79 Å². The van der Waals surface area contributed by atoms with Gasteiger partial charge in [-0.15, -0.1) is 0 Å². The predicted molar refractivity (Wildman–Crippen MR) is 84.7 cm³/mol. The number of hydrogen-bond acceptors (Lipinski definition) is 2. The molecule has 0 heterocycles. The fraction of sp³-hybridized carbons (Fsp3) is 0.429. The first-order valence-electron chi connectivity index (χ1n) is 6.71. The van der Waals surface area contributed by atoms with Crippen molar-refractivity contribution in [2.45, 2.75) is 31.7 Å². The summed E-state index contributed by atoms with van der Waals surface area (Å²) < 4.78 is 0.712. The van der Waals surface area contributed by atoms with Gasteiger partial charge in [-0.05, 0) is 59.8 Å². The van der Waals surface area contributed by atoms with Gasteiger partial charge < -0.3 is 15.7 Å². The van der Waals surface area contributed by atoms with Crippen LogP contribution in [0, 0.1) is 5.92 Å². The van der Waals surface area contributed by atoms with Crippen LogP contribution in [0.1, 0.15) is 25.7 Å². The first-order chi connectivity index (χ1) is 9.95. The van der Waals surface area contributed by atoms with Crippen LogP contribution in [0.5, 0.6) is 0 Å². The Morgan fingerprint density at radius 3 is 2.48 bits per heavy atom. The summed E-state index contributed by atoms with van der Waals surface area (Å²) in [6.07, 6.45) is 2.59. The number of carbonyl (C=O) groups is 2. The Morgan fingerprint density at radius 1 is 1.24 bits per heavy atom. The maximum Gasteiger partial charge on any atom is 0.319 e. The number of anilines is 1. The summed E-state index contributed by atoms with van der Waals surface area (Å²) in [5.41, 5.74) is 0.642. The molecular weight excluding hydrogens is 360 g/mol. The Hall–Kier alpha value is -1.27. The highest BCUT2D eigenvalue weighted by atomic mass is 79.9. The SMILES string of the molecule is O=C(Nc1ccc(Cl)c(Br)c1)NC1CCC(C(=O)O)CC1. The smallest absolute Gasteiger partial charge is 0.319 e. The Morgan fingerprint density at radius 2 is 1.90 bits per heavy atom. The summed E-state index contributed by atoms with van der Waals surface area (Å²) in [5, 5.41) is 15.1. The van der Waals surface area contributed by atoms with Gasteiger partial charge in [0.05, 0.1) is 10.9 Å². The number of nitrogens with one attached hydrogen (secondary N) is 2. The van der Waals surface area contributed by atoms with E-state index in [-0.39, 0.29) is 18.0 Å². The zero-order chi connectivity index (χ0) is 15.4. The third-order valence-electron chi connectivity index (χ3n) is 3.59. The molecule has 0 unspecified atom stereocenters. The number of carbonyl (C=O) groups excluding carboxylic acids is 1. The summed E-state index contributed by atoms with van der Waals surface area (Å²) in [4.78, 5) is 22.8. The molecule has 0 aliphatic heterocycles. The van der Waals surface area contributed by atoms with Crippen molar-refractivity contribution in [2.75, 3.05) is 5.32 Å². The summed E-state index contributed by atoms with van der Waals surface area (Å²) in [7, 11) is 0. The highest BCUT2D eigenvalue weighted by molar-refractivity contribution is 9.10. The normalized spacial score (nSPS) is 21.6. The molecule has 1 aliphatic carbocycles. The molecule has 0 saturated heterocycles. The largest absolute Gasteiger partial charge is 0.481 e. The van der Waals surface area contributed by atoms with Gasteiger partial charge in [0.2, 0.25) is 0 Å². The van der Waals surface area contributed by atoms with E-state index in [1.54, 1.807) is 18.2 Å². The van der Waals surface area contributed by atoms with Gasteiger partial charge in [0.25, 0.3) is 0 Å². The van der Waals surface area contributed by atoms with Crippen LogP contribution in [0.25, 0.3) is 0 Å². The van der Waals surface area contributed by atoms with Crippen molar-refractivity contribution in [3.8, 4) is 0 Å². The number of urea groups is 1. The maximum absolute atomic E-state index is 11.9. The molecule has 2 amide bonds. The minimum atomic E-state index is -0.746. The quantitative estimate of drug-likeness (QED) is 0.750. The highest BCUT2D eigenvalue weighted by Crippen LogP contribution is 2.26. The standard InChI is InChI=1S/C14H16BrClN2O3/c15-11-7-10(5-6-12(11)16)18-14(21)17-9-3-1-8(2-4-9)13(19)20/h5-9H,1-4H2,(H,19,20)(H2,17,18,21). The number of benzene rings is 1. The van der Waals surface area contributed by atoms with Crippen molar-refractivity contribution >= 4 is 45.2 Å². The molecule has 0 atom stereocenters. The van der Waals surface area contributed by atoms with Gasteiger partial charge in [-0.1, -0.05) is 11.6 Å². The molecule has 1 aliphatic rings. The Labute approximate surface area is 136 Å². The summed E-state index contributed by atoms with van der Waals surface area (Å²) in [5.74, 6) is -1.03. The molecule has 1 aromatic rings. The second-order valence-corrected chi connectivity index (χ2v) is 6.38. The predicted octanol–water partition coefficient (Wildman–Crippen LogP) is 3.87. The zero-order valence-electron chi connectivity index (χ0n) is 11.2. The van der Waals surface area contributed by atoms with Gasteiger partial charge >= 0.3 is 12.0 Å². The van der Waals surface area contributed by atoms with Crippen LogP contribution in [-0.4, -0.2) is 23.1 Å². The van der Waals surface area contributed by atoms with Crippen LogP contribution >= 0.6 is 27.5 Å². The Bertz CT molecular complexity index is 545. The first kappa shape index (κ1) is 16.1. The second-order valence-electron chi connectivity index (χ2n) is 5.11. The van der Waals surface area contributed by atoms with Crippen molar-refractivity contribution in [1.82, 2.24) is 5.32 Å². The van der Waals surface area contributed by atoms with E-state index in [1.807, 2.05) is 0 Å². The van der Waals surface area contributed by atoms with Crippen molar-refractivity contribution in [1.29, 1.82) is 0 Å². The van der Waals surface area contributed by atoms with E-state index in [4.69, 9.17) is 16.7 Å². The van der Waals surface area contributed by atoms with Crippen LogP contribution in [0.15, 0.2) is 22.7 Å². The van der Waals surface area contributed by atoms with Gasteiger partial charge in [-0.3, -0.25) is 4.79 Å². The lowest BCUT2D eigenvalue weighted by molar-refractivity contribution is -0.142. The van der Waals surface area contributed by atoms with E-state index in [1.165, 1.54) is 0 Å². The summed E-state index contributed by atoms with van der Waals surface area (Å²) >= 11 is 9.18. The molecule has 2 rings (SSSR count). The third kappa shape index (κ3) is 4.61. The number of carboxylic acids is 1. The summed E-state index contributed by atoms with van der Waals surface area (Å²) in [6.45, 7) is 0. The van der Waals surface area contributed by atoms with E-state index in [9.17, 15) is 9.59 Å². The number of hydrogen-bond donors (Lipinski definition) is 3. The van der Waals surface area contributed by atoms with Crippen molar-refractivity contribution in [2.24, 2.45) is 5.92 Å². The topological polar surface area (TPSA) is 78.4 Å². The molecule has 21 heavy (non-hydrogen) atoms. The lowest BCUT2D eigenvalue weighted by Crippen LogP contribution is -2.40. The monoisotopic (exact) mass is 374 g/mol. The molecule has 114 valence electrons. The number of aliphatic carboxylic acids is 1. The molecule has 1 fully saturated rings. The Balaban J connectivity index is 1.82. The van der Waals surface area contributed by atoms with Gasteiger partial charge in [0, 0.05) is 16.2 Å². The average Bonchev–Trinajstić information content (AvgIpc) is 2.43. The van der Waals surface area contributed by atoms with Gasteiger partial charge in [0.15, 0.2) is 0 Å². The fourth-order valence-electron chi connectivity index (χ4n) is 2.41. The van der Waals surface area contributed by atoms with Gasteiger partial charge in [-0.25, -0.2) is 4.79 Å².